The van der Waals surface area contributed by atoms with Gasteiger partial charge in [0.15, 0.2) is 11.5 Å². The van der Waals surface area contributed by atoms with Crippen molar-refractivity contribution in [3.8, 4) is 0 Å². The predicted molar refractivity (Wildman–Crippen MR) is 94.7 cm³/mol. The van der Waals surface area contributed by atoms with Crippen molar-refractivity contribution in [2.24, 2.45) is 0 Å². The van der Waals surface area contributed by atoms with Gasteiger partial charge in [0.1, 0.15) is 11.4 Å². The Balaban J connectivity index is 1.46. The molecule has 1 unspecified atom stereocenters. The fourth-order valence-corrected chi connectivity index (χ4v) is 5.34. The minimum absolute atomic E-state index is 0.0981. The van der Waals surface area contributed by atoms with E-state index in [4.69, 9.17) is 14.0 Å². The van der Waals surface area contributed by atoms with Gasteiger partial charge in [0, 0.05) is 13.1 Å². The van der Waals surface area contributed by atoms with Gasteiger partial charge < -0.3 is 24.2 Å². The SMILES string of the molecule is Cc1noc(C)c1NC(=O)N1CCOC2(C1)CN(S(=O)(=O)C1CC1)CCO2. The number of urea groups is 1. The summed E-state index contributed by atoms with van der Waals surface area (Å²) in [5, 5.41) is 6.35. The highest BCUT2D eigenvalue weighted by Crippen LogP contribution is 2.34. The smallest absolute Gasteiger partial charge is 0.322 e. The summed E-state index contributed by atoms with van der Waals surface area (Å²) in [6.45, 7) is 4.93. The standard InChI is InChI=1S/C16H24N4O6S/c1-11-14(12(2)26-18-11)17-15(21)19-5-7-24-16(9-19)10-20(6-8-25-16)27(22,23)13-3-4-13/h13H,3-10H2,1-2H3,(H,17,21). The molecule has 11 heteroatoms. The number of anilines is 1. The Morgan fingerprint density at radius 3 is 2.52 bits per heavy atom. The lowest BCUT2D eigenvalue weighted by molar-refractivity contribution is -0.278. The molecule has 1 aliphatic carbocycles. The van der Waals surface area contributed by atoms with Gasteiger partial charge in [-0.1, -0.05) is 5.16 Å². The van der Waals surface area contributed by atoms with E-state index < -0.39 is 15.8 Å². The number of nitrogens with zero attached hydrogens (tertiary/aromatic N) is 3. The van der Waals surface area contributed by atoms with Crippen LogP contribution < -0.4 is 5.32 Å². The number of amides is 2. The summed E-state index contributed by atoms with van der Waals surface area (Å²) in [4.78, 5) is 14.3. The van der Waals surface area contributed by atoms with Gasteiger partial charge in [-0.05, 0) is 26.7 Å². The zero-order valence-electron chi connectivity index (χ0n) is 15.4. The molecule has 4 rings (SSSR count). The second-order valence-corrected chi connectivity index (χ2v) is 9.45. The maximum absolute atomic E-state index is 12.7. The van der Waals surface area contributed by atoms with E-state index in [2.05, 4.69) is 10.5 Å². The Morgan fingerprint density at radius 1 is 1.19 bits per heavy atom. The molecule has 0 bridgehead atoms. The molecule has 10 nitrogen and oxygen atoms in total. The van der Waals surface area contributed by atoms with E-state index >= 15 is 0 Å². The summed E-state index contributed by atoms with van der Waals surface area (Å²) in [7, 11) is -3.32. The van der Waals surface area contributed by atoms with E-state index in [0.717, 1.165) is 0 Å². The number of hydrogen-bond donors (Lipinski definition) is 1. The van der Waals surface area contributed by atoms with Gasteiger partial charge in [-0.15, -0.1) is 0 Å². The molecule has 0 aromatic carbocycles. The first kappa shape index (κ1) is 18.7. The van der Waals surface area contributed by atoms with E-state index in [1.165, 1.54) is 4.31 Å². The minimum atomic E-state index is -3.32. The monoisotopic (exact) mass is 400 g/mol. The molecule has 2 aliphatic heterocycles. The lowest BCUT2D eigenvalue weighted by Crippen LogP contribution is -2.64. The molecule has 3 heterocycles. The number of sulfonamides is 1. The molecular weight excluding hydrogens is 376 g/mol. The van der Waals surface area contributed by atoms with Crippen molar-refractivity contribution >= 4 is 21.7 Å². The number of aryl methyl sites for hydroxylation is 2. The highest BCUT2D eigenvalue weighted by molar-refractivity contribution is 7.90. The van der Waals surface area contributed by atoms with Crippen LogP contribution in [0.1, 0.15) is 24.3 Å². The lowest BCUT2D eigenvalue weighted by atomic mass is 10.2. The quantitative estimate of drug-likeness (QED) is 0.793. The van der Waals surface area contributed by atoms with E-state index in [9.17, 15) is 13.2 Å². The van der Waals surface area contributed by atoms with Gasteiger partial charge in [0.05, 0.1) is 31.6 Å². The highest BCUT2D eigenvalue weighted by atomic mass is 32.2. The molecule has 150 valence electrons. The van der Waals surface area contributed by atoms with Crippen molar-refractivity contribution in [3.63, 3.8) is 0 Å². The fraction of sp³-hybridized carbons (Fsp3) is 0.750. The number of carbonyl (C=O) groups is 1. The molecule has 3 aliphatic rings. The van der Waals surface area contributed by atoms with Crippen LogP contribution >= 0.6 is 0 Å². The van der Waals surface area contributed by atoms with Gasteiger partial charge in [-0.25, -0.2) is 13.2 Å². The first-order valence-corrected chi connectivity index (χ1v) is 10.6. The average molecular weight is 400 g/mol. The zero-order valence-corrected chi connectivity index (χ0v) is 16.3. The topological polar surface area (TPSA) is 114 Å². The second kappa shape index (κ2) is 6.73. The molecule has 1 spiro atoms. The maximum atomic E-state index is 12.7. The number of nitrogens with one attached hydrogen (secondary N) is 1. The summed E-state index contributed by atoms with van der Waals surface area (Å²) in [6, 6.07) is -0.321. The molecule has 1 aromatic heterocycles. The normalized spacial score (nSPS) is 27.1. The van der Waals surface area contributed by atoms with E-state index in [1.807, 2.05) is 0 Å². The van der Waals surface area contributed by atoms with Crippen molar-refractivity contribution in [2.45, 2.75) is 37.7 Å². The Bertz CT molecular complexity index is 812. The predicted octanol–water partition coefficient (Wildman–Crippen LogP) is 0.676. The highest BCUT2D eigenvalue weighted by Gasteiger charge is 2.49. The molecular formula is C16H24N4O6S. The maximum Gasteiger partial charge on any atom is 0.322 e. The molecule has 0 radical (unpaired) electrons. The van der Waals surface area contributed by atoms with Crippen LogP contribution in [0, 0.1) is 13.8 Å². The van der Waals surface area contributed by atoms with Crippen LogP contribution in [0.4, 0.5) is 10.5 Å². The van der Waals surface area contributed by atoms with Gasteiger partial charge in [0.25, 0.3) is 0 Å². The van der Waals surface area contributed by atoms with E-state index in [-0.39, 0.29) is 37.6 Å². The van der Waals surface area contributed by atoms with Crippen LogP contribution in [-0.4, -0.2) is 79.2 Å². The second-order valence-electron chi connectivity index (χ2n) is 7.24. The molecule has 1 N–H and O–H groups in total. The van der Waals surface area contributed by atoms with E-state index in [0.29, 0.717) is 43.1 Å². The van der Waals surface area contributed by atoms with Crippen molar-refractivity contribution in [2.75, 3.05) is 44.7 Å². The van der Waals surface area contributed by atoms with Crippen LogP contribution in [0.5, 0.6) is 0 Å². The number of hydrogen-bond acceptors (Lipinski definition) is 7. The molecule has 3 fully saturated rings. The number of ether oxygens (including phenoxy) is 2. The molecule has 1 atom stereocenters. The molecule has 2 amide bonds. The van der Waals surface area contributed by atoms with Crippen LogP contribution in [0.3, 0.4) is 0 Å². The van der Waals surface area contributed by atoms with Crippen LogP contribution in [0.25, 0.3) is 0 Å². The number of rotatable bonds is 3. The van der Waals surface area contributed by atoms with Crippen molar-refractivity contribution in [1.29, 1.82) is 0 Å². The molecule has 27 heavy (non-hydrogen) atoms. The summed E-state index contributed by atoms with van der Waals surface area (Å²) >= 11 is 0. The molecule has 1 aromatic rings. The largest absolute Gasteiger partial charge is 0.359 e. The summed E-state index contributed by atoms with van der Waals surface area (Å²) in [5.41, 5.74) is 1.14. The Hall–Kier alpha value is -1.69. The molecule has 2 saturated heterocycles. The van der Waals surface area contributed by atoms with Crippen molar-refractivity contribution in [1.82, 2.24) is 14.4 Å². The fourth-order valence-electron chi connectivity index (χ4n) is 3.48. The van der Waals surface area contributed by atoms with Crippen LogP contribution in [0.2, 0.25) is 0 Å². The summed E-state index contributed by atoms with van der Waals surface area (Å²) in [5.74, 6) is -0.603. The van der Waals surface area contributed by atoms with Gasteiger partial charge in [-0.3, -0.25) is 0 Å². The Kier molecular flexibility index (Phi) is 4.65. The lowest BCUT2D eigenvalue weighted by Gasteiger charge is -2.46. The van der Waals surface area contributed by atoms with Crippen LogP contribution in [-0.2, 0) is 19.5 Å². The zero-order chi connectivity index (χ0) is 19.2. The third kappa shape index (κ3) is 3.56. The first-order chi connectivity index (χ1) is 12.8. The molecule has 1 saturated carbocycles. The Labute approximate surface area is 157 Å². The third-order valence-corrected chi connectivity index (χ3v) is 7.48. The first-order valence-electron chi connectivity index (χ1n) is 9.06. The number of aromatic nitrogens is 1. The minimum Gasteiger partial charge on any atom is -0.359 e. The van der Waals surface area contributed by atoms with Gasteiger partial charge in [-0.2, -0.15) is 4.31 Å². The Morgan fingerprint density at radius 2 is 1.89 bits per heavy atom. The number of carbonyl (C=O) groups excluding carboxylic acids is 1. The van der Waals surface area contributed by atoms with Gasteiger partial charge >= 0.3 is 6.03 Å². The summed E-state index contributed by atoms with van der Waals surface area (Å²) < 4.78 is 43.3. The summed E-state index contributed by atoms with van der Waals surface area (Å²) in [6.07, 6.45) is 1.42. The average Bonchev–Trinajstić information content (AvgIpc) is 3.45. The van der Waals surface area contributed by atoms with Crippen molar-refractivity contribution in [3.05, 3.63) is 11.5 Å². The van der Waals surface area contributed by atoms with Crippen LogP contribution in [0.15, 0.2) is 4.52 Å². The number of morpholine rings is 2. The van der Waals surface area contributed by atoms with Gasteiger partial charge in [0.2, 0.25) is 10.0 Å². The van der Waals surface area contributed by atoms with E-state index in [1.54, 1.807) is 18.7 Å². The van der Waals surface area contributed by atoms with Crippen molar-refractivity contribution < 1.29 is 27.2 Å². The third-order valence-electron chi connectivity index (χ3n) is 5.14.